The summed E-state index contributed by atoms with van der Waals surface area (Å²) in [6, 6.07) is 7.95. The molecule has 0 radical (unpaired) electrons. The molecule has 0 heterocycles. The van der Waals surface area contributed by atoms with Crippen molar-refractivity contribution in [3.05, 3.63) is 49.9 Å². The topological polar surface area (TPSA) is 99.2 Å². The van der Waals surface area contributed by atoms with Crippen LogP contribution in [0.4, 0.5) is 5.69 Å². The van der Waals surface area contributed by atoms with Crippen LogP contribution in [0.25, 0.3) is 0 Å². The molecular formula is C15H12Br2ClN3O3. The van der Waals surface area contributed by atoms with Crippen LogP contribution in [0.2, 0.25) is 5.02 Å². The minimum Gasteiger partial charge on any atom is -0.506 e. The summed E-state index contributed by atoms with van der Waals surface area (Å²) in [7, 11) is 0. The molecule has 6 nitrogen and oxygen atoms in total. The van der Waals surface area contributed by atoms with Gasteiger partial charge in [-0.1, -0.05) is 11.6 Å². The first-order valence-corrected chi connectivity index (χ1v) is 8.50. The second-order valence-corrected chi connectivity index (χ2v) is 6.75. The number of aliphatic imine (C=N–C) groups is 1. The number of halogens is 3. The number of amides is 1. The minimum atomic E-state index is -0.440. The molecule has 126 valence electrons. The number of phenolic OH excluding ortho intramolecular Hbond substituents is 2. The van der Waals surface area contributed by atoms with Crippen LogP contribution in [0.15, 0.2) is 44.3 Å². The molecule has 0 unspecified atom stereocenters. The normalized spacial score (nSPS) is 11.0. The van der Waals surface area contributed by atoms with Gasteiger partial charge in [-0.3, -0.25) is 9.79 Å². The Morgan fingerprint density at radius 1 is 1.25 bits per heavy atom. The number of carbonyl (C=O) groups excluding carboxylic acids is 1. The van der Waals surface area contributed by atoms with Crippen LogP contribution in [-0.4, -0.2) is 28.9 Å². The number of aromatic hydroxyl groups is 2. The average molecular weight is 478 g/mol. The molecule has 0 aromatic heterocycles. The van der Waals surface area contributed by atoms with E-state index >= 15 is 0 Å². The first-order valence-electron chi connectivity index (χ1n) is 6.54. The van der Waals surface area contributed by atoms with Crippen LogP contribution >= 0.6 is 43.5 Å². The molecule has 0 aliphatic heterocycles. The van der Waals surface area contributed by atoms with Crippen molar-refractivity contribution in [2.45, 2.75) is 0 Å². The molecule has 0 aliphatic rings. The van der Waals surface area contributed by atoms with Gasteiger partial charge < -0.3 is 10.2 Å². The molecule has 0 aliphatic carbocycles. The van der Waals surface area contributed by atoms with E-state index in [4.69, 9.17) is 17.4 Å². The molecule has 2 aromatic carbocycles. The van der Waals surface area contributed by atoms with Gasteiger partial charge in [0, 0.05) is 16.8 Å². The van der Waals surface area contributed by atoms with Crippen molar-refractivity contribution >= 4 is 61.3 Å². The lowest BCUT2D eigenvalue weighted by Crippen LogP contribution is -2.39. The van der Waals surface area contributed by atoms with Crippen molar-refractivity contribution in [3.63, 3.8) is 0 Å². The van der Waals surface area contributed by atoms with Crippen LogP contribution in [-0.2, 0) is 4.79 Å². The van der Waals surface area contributed by atoms with Gasteiger partial charge in [0.15, 0.2) is 0 Å². The zero-order valence-corrected chi connectivity index (χ0v) is 16.0. The molecule has 0 fully saturated rings. The van der Waals surface area contributed by atoms with E-state index < -0.39 is 5.91 Å². The van der Waals surface area contributed by atoms with E-state index in [1.807, 2.05) is 0 Å². The van der Waals surface area contributed by atoms with Gasteiger partial charge in [-0.25, -0.2) is 10.9 Å². The van der Waals surface area contributed by atoms with Crippen molar-refractivity contribution < 1.29 is 15.0 Å². The summed E-state index contributed by atoms with van der Waals surface area (Å²) in [5, 5.41) is 21.1. The van der Waals surface area contributed by atoms with E-state index in [9.17, 15) is 15.0 Å². The van der Waals surface area contributed by atoms with Gasteiger partial charge >= 0.3 is 0 Å². The van der Waals surface area contributed by atoms with E-state index in [1.54, 1.807) is 24.3 Å². The highest BCUT2D eigenvalue weighted by Gasteiger charge is 2.14. The van der Waals surface area contributed by atoms with Crippen LogP contribution in [0.5, 0.6) is 11.5 Å². The second kappa shape index (κ2) is 7.98. The molecule has 4 N–H and O–H groups in total. The summed E-state index contributed by atoms with van der Waals surface area (Å²) in [6.45, 7) is -0.214. The lowest BCUT2D eigenvalue weighted by atomic mass is 10.2. The number of carbonyl (C=O) groups is 1. The summed E-state index contributed by atoms with van der Waals surface area (Å²) < 4.78 is 0.507. The molecule has 2 aromatic rings. The maximum atomic E-state index is 12.0. The molecule has 0 spiro atoms. The van der Waals surface area contributed by atoms with Gasteiger partial charge in [-0.15, -0.1) is 0 Å². The highest BCUT2D eigenvalue weighted by molar-refractivity contribution is 9.11. The highest BCUT2D eigenvalue weighted by atomic mass is 79.9. The second-order valence-electron chi connectivity index (χ2n) is 4.67. The Morgan fingerprint density at radius 3 is 2.50 bits per heavy atom. The van der Waals surface area contributed by atoms with E-state index in [0.717, 1.165) is 5.01 Å². The van der Waals surface area contributed by atoms with Gasteiger partial charge in [0.1, 0.15) is 22.5 Å². The number of hydrogen-bond acceptors (Lipinski definition) is 5. The number of rotatable bonds is 4. The van der Waals surface area contributed by atoms with Gasteiger partial charge in [-0.05, 0) is 62.2 Å². The van der Waals surface area contributed by atoms with Gasteiger partial charge in [-0.2, -0.15) is 0 Å². The largest absolute Gasteiger partial charge is 0.506 e. The number of hydrogen-bond donors (Lipinski definition) is 3. The fourth-order valence-electron chi connectivity index (χ4n) is 1.76. The van der Waals surface area contributed by atoms with E-state index in [-0.39, 0.29) is 22.5 Å². The summed E-state index contributed by atoms with van der Waals surface area (Å²) in [6.07, 6.45) is 1.32. The molecule has 9 heteroatoms. The molecular weight excluding hydrogens is 465 g/mol. The SMILES string of the molecule is NN(C(=O)CN=Cc1cc(Br)c(O)c(Br)c1O)c1ccc(Cl)cc1. The molecule has 0 saturated heterocycles. The van der Waals surface area contributed by atoms with Crippen molar-refractivity contribution in [1.29, 1.82) is 0 Å². The lowest BCUT2D eigenvalue weighted by Gasteiger charge is -2.15. The minimum absolute atomic E-state index is 0.128. The van der Waals surface area contributed by atoms with Crippen LogP contribution in [0, 0.1) is 0 Å². The molecule has 1 amide bonds. The number of anilines is 1. The number of benzene rings is 2. The summed E-state index contributed by atoms with van der Waals surface area (Å²) in [4.78, 5) is 16.0. The van der Waals surface area contributed by atoms with E-state index in [0.29, 0.717) is 20.7 Å². The third-order valence-corrected chi connectivity index (χ3v) is 4.64. The standard InChI is InChI=1S/C15H12Br2ClN3O3/c16-11-5-8(14(23)13(17)15(11)24)6-20-7-12(22)21(19)10-3-1-9(18)2-4-10/h1-6,23-24H,7,19H2. The Kier molecular flexibility index (Phi) is 6.22. The molecule has 0 saturated carbocycles. The summed E-state index contributed by atoms with van der Waals surface area (Å²) >= 11 is 12.0. The Bertz CT molecular complexity index is 798. The fraction of sp³-hybridized carbons (Fsp3) is 0.0667. The van der Waals surface area contributed by atoms with Crippen molar-refractivity contribution in [2.75, 3.05) is 11.6 Å². The van der Waals surface area contributed by atoms with Crippen LogP contribution in [0.1, 0.15) is 5.56 Å². The maximum Gasteiger partial charge on any atom is 0.262 e. The van der Waals surface area contributed by atoms with Gasteiger partial charge in [0.25, 0.3) is 5.91 Å². The van der Waals surface area contributed by atoms with E-state index in [2.05, 4.69) is 36.9 Å². The monoisotopic (exact) mass is 475 g/mol. The Morgan fingerprint density at radius 2 is 1.88 bits per heavy atom. The van der Waals surface area contributed by atoms with Crippen molar-refractivity contribution in [1.82, 2.24) is 0 Å². The molecule has 0 atom stereocenters. The third kappa shape index (κ3) is 4.27. The fourth-order valence-corrected chi connectivity index (χ4v) is 3.04. The zero-order valence-electron chi connectivity index (χ0n) is 12.1. The molecule has 0 bridgehead atoms. The number of phenols is 2. The predicted octanol–water partition coefficient (Wildman–Crippen LogP) is 3.60. The Hall–Kier alpha value is -1.61. The number of hydrazine groups is 1. The zero-order chi connectivity index (χ0) is 17.9. The predicted molar refractivity (Wildman–Crippen MR) is 101 cm³/mol. The van der Waals surface area contributed by atoms with E-state index in [1.165, 1.54) is 12.3 Å². The number of nitrogens with zero attached hydrogens (tertiary/aromatic N) is 2. The third-order valence-electron chi connectivity index (χ3n) is 3.03. The van der Waals surface area contributed by atoms with Crippen LogP contribution in [0.3, 0.4) is 0 Å². The number of nitrogens with two attached hydrogens (primary N) is 1. The van der Waals surface area contributed by atoms with Gasteiger partial charge in [0.05, 0.1) is 10.2 Å². The quantitative estimate of drug-likeness (QED) is 0.271. The Labute approximate surface area is 159 Å². The first kappa shape index (κ1) is 18.7. The maximum absolute atomic E-state index is 12.0. The molecule has 2 rings (SSSR count). The lowest BCUT2D eigenvalue weighted by molar-refractivity contribution is -0.117. The summed E-state index contributed by atoms with van der Waals surface area (Å²) in [5.41, 5.74) is 0.812. The highest BCUT2D eigenvalue weighted by Crippen LogP contribution is 2.40. The summed E-state index contributed by atoms with van der Waals surface area (Å²) in [5.74, 6) is 4.98. The average Bonchev–Trinajstić information content (AvgIpc) is 2.57. The Balaban J connectivity index is 2.09. The smallest absolute Gasteiger partial charge is 0.262 e. The van der Waals surface area contributed by atoms with Gasteiger partial charge in [0.2, 0.25) is 0 Å². The van der Waals surface area contributed by atoms with Crippen molar-refractivity contribution in [3.8, 4) is 11.5 Å². The van der Waals surface area contributed by atoms with Crippen molar-refractivity contribution in [2.24, 2.45) is 10.8 Å². The molecule has 24 heavy (non-hydrogen) atoms. The first-order chi connectivity index (χ1) is 11.3. The van der Waals surface area contributed by atoms with Crippen LogP contribution < -0.4 is 10.9 Å².